The average molecular weight is 218 g/mol. The fraction of sp³-hybridized carbons (Fsp3) is 0.909. The lowest BCUT2D eigenvalue weighted by Crippen LogP contribution is -2.49. The Balaban J connectivity index is 2.40. The molecule has 0 heterocycles. The van der Waals surface area contributed by atoms with Crippen molar-refractivity contribution in [3.63, 3.8) is 0 Å². The van der Waals surface area contributed by atoms with Crippen molar-refractivity contribution in [1.82, 2.24) is 5.32 Å². The summed E-state index contributed by atoms with van der Waals surface area (Å²) in [5.74, 6) is 1.34. The molecule has 14 heavy (non-hydrogen) atoms. The van der Waals surface area contributed by atoms with E-state index in [4.69, 9.17) is 11.6 Å². The van der Waals surface area contributed by atoms with Crippen molar-refractivity contribution in [3.8, 4) is 0 Å². The standard InChI is InChI=1S/C11H20ClNO/c1-3-11(4-2,8-12)13-10(14)7-9-5-6-9/h9H,3-8H2,1-2H3,(H,13,14). The molecule has 1 N–H and O–H groups in total. The molecule has 0 spiro atoms. The van der Waals surface area contributed by atoms with Gasteiger partial charge in [0.1, 0.15) is 0 Å². The van der Waals surface area contributed by atoms with E-state index in [0.717, 1.165) is 12.8 Å². The average Bonchev–Trinajstić information content (AvgIpc) is 2.98. The van der Waals surface area contributed by atoms with Gasteiger partial charge < -0.3 is 5.32 Å². The van der Waals surface area contributed by atoms with Crippen LogP contribution in [0.3, 0.4) is 0 Å². The van der Waals surface area contributed by atoms with Gasteiger partial charge in [0.25, 0.3) is 0 Å². The molecule has 0 unspecified atom stereocenters. The Morgan fingerprint density at radius 3 is 2.36 bits per heavy atom. The van der Waals surface area contributed by atoms with Gasteiger partial charge in [-0.3, -0.25) is 4.79 Å². The molecule has 1 saturated carbocycles. The number of nitrogens with one attached hydrogen (secondary N) is 1. The molecule has 0 aromatic heterocycles. The number of carbonyl (C=O) groups excluding carboxylic acids is 1. The Bertz CT molecular complexity index is 189. The van der Waals surface area contributed by atoms with E-state index in [0.29, 0.717) is 18.2 Å². The number of carbonyl (C=O) groups is 1. The first-order valence-electron chi connectivity index (χ1n) is 5.52. The largest absolute Gasteiger partial charge is 0.349 e. The highest BCUT2D eigenvalue weighted by molar-refractivity contribution is 6.18. The van der Waals surface area contributed by atoms with Crippen LogP contribution in [0.5, 0.6) is 0 Å². The van der Waals surface area contributed by atoms with Crippen molar-refractivity contribution in [1.29, 1.82) is 0 Å². The van der Waals surface area contributed by atoms with E-state index in [1.165, 1.54) is 12.8 Å². The van der Waals surface area contributed by atoms with Crippen LogP contribution in [0.4, 0.5) is 0 Å². The van der Waals surface area contributed by atoms with Crippen molar-refractivity contribution in [2.45, 2.75) is 51.5 Å². The van der Waals surface area contributed by atoms with Crippen molar-refractivity contribution in [2.24, 2.45) is 5.92 Å². The highest BCUT2D eigenvalue weighted by Crippen LogP contribution is 2.32. The van der Waals surface area contributed by atoms with Gasteiger partial charge in [-0.05, 0) is 31.6 Å². The number of alkyl halides is 1. The summed E-state index contributed by atoms with van der Waals surface area (Å²) in [5, 5.41) is 3.08. The van der Waals surface area contributed by atoms with Gasteiger partial charge in [0.15, 0.2) is 0 Å². The molecule has 1 aliphatic carbocycles. The Morgan fingerprint density at radius 2 is 2.00 bits per heavy atom. The zero-order chi connectivity index (χ0) is 10.6. The van der Waals surface area contributed by atoms with Crippen LogP contribution >= 0.6 is 11.6 Å². The summed E-state index contributed by atoms with van der Waals surface area (Å²) in [4.78, 5) is 11.6. The summed E-state index contributed by atoms with van der Waals surface area (Å²) in [6, 6.07) is 0. The van der Waals surface area contributed by atoms with Gasteiger partial charge in [0, 0.05) is 12.3 Å². The van der Waals surface area contributed by atoms with Crippen molar-refractivity contribution >= 4 is 17.5 Å². The topological polar surface area (TPSA) is 29.1 Å². The van der Waals surface area contributed by atoms with Gasteiger partial charge >= 0.3 is 0 Å². The molecule has 1 fully saturated rings. The van der Waals surface area contributed by atoms with Crippen molar-refractivity contribution in [3.05, 3.63) is 0 Å². The molecule has 0 aliphatic heterocycles. The number of amides is 1. The lowest BCUT2D eigenvalue weighted by atomic mass is 9.95. The lowest BCUT2D eigenvalue weighted by molar-refractivity contribution is -0.123. The van der Waals surface area contributed by atoms with Crippen LogP contribution in [0, 0.1) is 5.92 Å². The van der Waals surface area contributed by atoms with Crippen LogP contribution < -0.4 is 5.32 Å². The Morgan fingerprint density at radius 1 is 1.43 bits per heavy atom. The molecule has 0 bridgehead atoms. The molecule has 0 aromatic carbocycles. The smallest absolute Gasteiger partial charge is 0.220 e. The number of rotatable bonds is 6. The third kappa shape index (κ3) is 3.16. The maximum Gasteiger partial charge on any atom is 0.220 e. The molecule has 2 nitrogen and oxygen atoms in total. The number of halogens is 1. The number of hydrogen-bond acceptors (Lipinski definition) is 1. The number of hydrogen-bond donors (Lipinski definition) is 1. The second kappa shape index (κ2) is 5.01. The first-order chi connectivity index (χ1) is 6.65. The molecule has 0 radical (unpaired) electrons. The molecule has 1 aliphatic rings. The van der Waals surface area contributed by atoms with E-state index in [2.05, 4.69) is 19.2 Å². The predicted octanol–water partition coefficient (Wildman–Crippen LogP) is 2.70. The molecule has 0 saturated heterocycles. The molecule has 3 heteroatoms. The summed E-state index contributed by atoms with van der Waals surface area (Å²) >= 11 is 5.91. The normalized spacial score (nSPS) is 16.8. The van der Waals surface area contributed by atoms with Crippen LogP contribution in [-0.2, 0) is 4.79 Å². The van der Waals surface area contributed by atoms with Gasteiger partial charge in [-0.1, -0.05) is 13.8 Å². The van der Waals surface area contributed by atoms with E-state index in [9.17, 15) is 4.79 Å². The minimum atomic E-state index is -0.173. The van der Waals surface area contributed by atoms with Gasteiger partial charge in [-0.25, -0.2) is 0 Å². The van der Waals surface area contributed by atoms with E-state index >= 15 is 0 Å². The zero-order valence-corrected chi connectivity index (χ0v) is 9.86. The third-order valence-corrected chi connectivity index (χ3v) is 3.70. The Hall–Kier alpha value is -0.240. The van der Waals surface area contributed by atoms with E-state index in [1.54, 1.807) is 0 Å². The molecular weight excluding hydrogens is 198 g/mol. The van der Waals surface area contributed by atoms with Gasteiger partial charge in [-0.15, -0.1) is 11.6 Å². The summed E-state index contributed by atoms with van der Waals surface area (Å²) < 4.78 is 0. The summed E-state index contributed by atoms with van der Waals surface area (Å²) in [6.45, 7) is 4.15. The highest BCUT2D eigenvalue weighted by atomic mass is 35.5. The van der Waals surface area contributed by atoms with E-state index in [1.807, 2.05) is 0 Å². The summed E-state index contributed by atoms with van der Waals surface area (Å²) in [6.07, 6.45) is 4.95. The minimum Gasteiger partial charge on any atom is -0.349 e. The third-order valence-electron chi connectivity index (χ3n) is 3.18. The maximum atomic E-state index is 11.6. The van der Waals surface area contributed by atoms with Gasteiger partial charge in [-0.2, -0.15) is 0 Å². The lowest BCUT2D eigenvalue weighted by Gasteiger charge is -2.30. The highest BCUT2D eigenvalue weighted by Gasteiger charge is 2.30. The first kappa shape index (κ1) is 11.8. The fourth-order valence-electron chi connectivity index (χ4n) is 1.58. The Labute approximate surface area is 91.4 Å². The predicted molar refractivity (Wildman–Crippen MR) is 59.5 cm³/mol. The fourth-order valence-corrected chi connectivity index (χ4v) is 2.02. The zero-order valence-electron chi connectivity index (χ0n) is 9.11. The second-order valence-electron chi connectivity index (χ2n) is 4.32. The van der Waals surface area contributed by atoms with Crippen LogP contribution in [0.25, 0.3) is 0 Å². The SMILES string of the molecule is CCC(CC)(CCl)NC(=O)CC1CC1. The quantitative estimate of drug-likeness (QED) is 0.681. The monoisotopic (exact) mass is 217 g/mol. The maximum absolute atomic E-state index is 11.6. The van der Waals surface area contributed by atoms with Crippen molar-refractivity contribution < 1.29 is 4.79 Å². The van der Waals surface area contributed by atoms with Crippen LogP contribution in [0.1, 0.15) is 46.0 Å². The molecule has 82 valence electrons. The van der Waals surface area contributed by atoms with E-state index < -0.39 is 0 Å². The van der Waals surface area contributed by atoms with Crippen LogP contribution in [0.2, 0.25) is 0 Å². The van der Waals surface area contributed by atoms with Gasteiger partial charge in [0.2, 0.25) is 5.91 Å². The molecule has 0 atom stereocenters. The molecule has 0 aromatic rings. The van der Waals surface area contributed by atoms with Crippen LogP contribution in [-0.4, -0.2) is 17.3 Å². The molecule has 1 rings (SSSR count). The molecule has 1 amide bonds. The van der Waals surface area contributed by atoms with Crippen LogP contribution in [0.15, 0.2) is 0 Å². The molecular formula is C11H20ClNO. The first-order valence-corrected chi connectivity index (χ1v) is 6.06. The Kier molecular flexibility index (Phi) is 4.24. The minimum absolute atomic E-state index is 0.173. The van der Waals surface area contributed by atoms with Gasteiger partial charge in [0.05, 0.1) is 5.54 Å². The second-order valence-corrected chi connectivity index (χ2v) is 4.58. The van der Waals surface area contributed by atoms with E-state index in [-0.39, 0.29) is 11.4 Å². The summed E-state index contributed by atoms with van der Waals surface area (Å²) in [7, 11) is 0. The summed E-state index contributed by atoms with van der Waals surface area (Å²) in [5.41, 5.74) is -0.173. The van der Waals surface area contributed by atoms with Crippen molar-refractivity contribution in [2.75, 3.05) is 5.88 Å².